The first-order valence-electron chi connectivity index (χ1n) is 6.65. The van der Waals surface area contributed by atoms with Crippen LogP contribution in [0.25, 0.3) is 0 Å². The van der Waals surface area contributed by atoms with Crippen LogP contribution in [0.2, 0.25) is 0 Å². The molecule has 0 fully saturated rings. The van der Waals surface area contributed by atoms with Gasteiger partial charge in [0.05, 0.1) is 7.11 Å². The molecule has 3 N–H and O–H groups in total. The van der Waals surface area contributed by atoms with E-state index < -0.39 is 0 Å². The Bertz CT molecular complexity index is 430. The Morgan fingerprint density at radius 3 is 2.58 bits per heavy atom. The zero-order chi connectivity index (χ0) is 14.4. The van der Waals surface area contributed by atoms with Gasteiger partial charge in [-0.25, -0.2) is 0 Å². The summed E-state index contributed by atoms with van der Waals surface area (Å²) in [7, 11) is 1.64. The maximum atomic E-state index is 12.0. The van der Waals surface area contributed by atoms with Gasteiger partial charge in [0.1, 0.15) is 5.75 Å². The summed E-state index contributed by atoms with van der Waals surface area (Å²) >= 11 is 0. The van der Waals surface area contributed by atoms with Gasteiger partial charge in [-0.2, -0.15) is 0 Å². The highest BCUT2D eigenvalue weighted by Crippen LogP contribution is 2.27. The number of hydrogen-bond acceptors (Lipinski definition) is 3. The number of carbonyl (C=O) groups excluding carboxylic acids is 1. The third-order valence-corrected chi connectivity index (χ3v) is 3.13. The van der Waals surface area contributed by atoms with E-state index in [-0.39, 0.29) is 11.8 Å². The molecule has 0 bridgehead atoms. The summed E-state index contributed by atoms with van der Waals surface area (Å²) in [5, 5.41) is 2.89. The quantitative estimate of drug-likeness (QED) is 0.827. The van der Waals surface area contributed by atoms with Gasteiger partial charge < -0.3 is 15.8 Å². The van der Waals surface area contributed by atoms with Crippen LogP contribution in [-0.2, 0) is 0 Å². The van der Waals surface area contributed by atoms with Crippen LogP contribution in [0.15, 0.2) is 18.2 Å². The van der Waals surface area contributed by atoms with Gasteiger partial charge in [-0.05, 0) is 42.1 Å². The van der Waals surface area contributed by atoms with Gasteiger partial charge in [-0.3, -0.25) is 4.79 Å². The summed E-state index contributed by atoms with van der Waals surface area (Å²) < 4.78 is 5.31. The number of benzene rings is 1. The van der Waals surface area contributed by atoms with E-state index in [9.17, 15) is 4.79 Å². The predicted octanol–water partition coefficient (Wildman–Crippen LogP) is 2.14. The standard InChI is InChI=1S/C15H24N2O2/c1-10(2)13-7-12(5-6-14(13)19-4)15(18)17-9-11(3)8-16/h5-7,10-11H,8-9,16H2,1-4H3,(H,17,18). The molecule has 0 radical (unpaired) electrons. The normalized spacial score (nSPS) is 12.3. The molecule has 0 aliphatic rings. The summed E-state index contributed by atoms with van der Waals surface area (Å²) in [6.45, 7) is 7.33. The lowest BCUT2D eigenvalue weighted by Gasteiger charge is -2.14. The van der Waals surface area contributed by atoms with Crippen molar-refractivity contribution in [2.75, 3.05) is 20.2 Å². The van der Waals surface area contributed by atoms with Gasteiger partial charge in [-0.15, -0.1) is 0 Å². The maximum Gasteiger partial charge on any atom is 0.251 e. The molecule has 19 heavy (non-hydrogen) atoms. The van der Waals surface area contributed by atoms with E-state index in [2.05, 4.69) is 19.2 Å². The fourth-order valence-corrected chi connectivity index (χ4v) is 1.78. The highest BCUT2D eigenvalue weighted by molar-refractivity contribution is 5.94. The minimum Gasteiger partial charge on any atom is -0.496 e. The Morgan fingerprint density at radius 1 is 1.37 bits per heavy atom. The minimum atomic E-state index is -0.0650. The number of hydrogen-bond donors (Lipinski definition) is 2. The number of methoxy groups -OCH3 is 1. The van der Waals surface area contributed by atoms with Crippen LogP contribution >= 0.6 is 0 Å². The van der Waals surface area contributed by atoms with Gasteiger partial charge in [0.15, 0.2) is 0 Å². The van der Waals surface area contributed by atoms with Crippen LogP contribution < -0.4 is 15.8 Å². The molecule has 4 heteroatoms. The second kappa shape index (κ2) is 7.14. The van der Waals surface area contributed by atoms with E-state index in [0.717, 1.165) is 11.3 Å². The average molecular weight is 264 g/mol. The van der Waals surface area contributed by atoms with Crippen molar-refractivity contribution in [3.63, 3.8) is 0 Å². The zero-order valence-corrected chi connectivity index (χ0v) is 12.2. The molecule has 1 unspecified atom stereocenters. The SMILES string of the molecule is COc1ccc(C(=O)NCC(C)CN)cc1C(C)C. The molecular formula is C15H24N2O2. The summed E-state index contributed by atoms with van der Waals surface area (Å²) in [6, 6.07) is 5.52. The molecule has 0 saturated heterocycles. The first kappa shape index (κ1) is 15.5. The molecule has 106 valence electrons. The average Bonchev–Trinajstić information content (AvgIpc) is 2.43. The number of rotatable bonds is 6. The molecule has 1 aromatic rings. The predicted molar refractivity (Wildman–Crippen MR) is 77.6 cm³/mol. The van der Waals surface area contributed by atoms with E-state index in [1.807, 2.05) is 19.1 Å². The van der Waals surface area contributed by atoms with Crippen molar-refractivity contribution >= 4 is 5.91 Å². The Labute approximate surface area is 115 Å². The number of nitrogens with one attached hydrogen (secondary N) is 1. The third kappa shape index (κ3) is 4.24. The number of amides is 1. The summed E-state index contributed by atoms with van der Waals surface area (Å²) in [5.41, 5.74) is 7.24. The second-order valence-corrected chi connectivity index (χ2v) is 5.16. The van der Waals surface area contributed by atoms with Gasteiger partial charge in [0.2, 0.25) is 0 Å². The lowest BCUT2D eigenvalue weighted by molar-refractivity contribution is 0.0948. The van der Waals surface area contributed by atoms with Crippen LogP contribution in [0.5, 0.6) is 5.75 Å². The van der Waals surface area contributed by atoms with E-state index >= 15 is 0 Å². The topological polar surface area (TPSA) is 64.3 Å². The monoisotopic (exact) mass is 264 g/mol. The third-order valence-electron chi connectivity index (χ3n) is 3.13. The van der Waals surface area contributed by atoms with E-state index in [1.54, 1.807) is 13.2 Å². The highest BCUT2D eigenvalue weighted by Gasteiger charge is 2.12. The molecular weight excluding hydrogens is 240 g/mol. The minimum absolute atomic E-state index is 0.0650. The Kier molecular flexibility index (Phi) is 5.83. The number of carbonyl (C=O) groups is 1. The second-order valence-electron chi connectivity index (χ2n) is 5.16. The van der Waals surface area contributed by atoms with Crippen molar-refractivity contribution in [2.24, 2.45) is 11.7 Å². The fourth-order valence-electron chi connectivity index (χ4n) is 1.78. The van der Waals surface area contributed by atoms with Gasteiger partial charge in [0, 0.05) is 12.1 Å². The molecule has 1 amide bonds. The van der Waals surface area contributed by atoms with E-state index in [0.29, 0.717) is 24.6 Å². The van der Waals surface area contributed by atoms with Gasteiger partial charge in [-0.1, -0.05) is 20.8 Å². The van der Waals surface area contributed by atoms with E-state index in [1.165, 1.54) is 0 Å². The summed E-state index contributed by atoms with van der Waals surface area (Å²) in [5.74, 6) is 1.35. The summed E-state index contributed by atoms with van der Waals surface area (Å²) in [6.07, 6.45) is 0. The van der Waals surface area contributed by atoms with Crippen LogP contribution in [0.1, 0.15) is 42.6 Å². The molecule has 1 rings (SSSR count). The first-order chi connectivity index (χ1) is 8.99. The molecule has 0 aromatic heterocycles. The van der Waals surface area contributed by atoms with Crippen LogP contribution in [0, 0.1) is 5.92 Å². The molecule has 1 aromatic carbocycles. The smallest absolute Gasteiger partial charge is 0.251 e. The Hall–Kier alpha value is -1.55. The highest BCUT2D eigenvalue weighted by atomic mass is 16.5. The van der Waals surface area contributed by atoms with Crippen molar-refractivity contribution in [3.05, 3.63) is 29.3 Å². The van der Waals surface area contributed by atoms with Crippen LogP contribution in [0.4, 0.5) is 0 Å². The maximum absolute atomic E-state index is 12.0. The van der Waals surface area contributed by atoms with E-state index in [4.69, 9.17) is 10.5 Å². The molecule has 0 heterocycles. The zero-order valence-electron chi connectivity index (χ0n) is 12.2. The van der Waals surface area contributed by atoms with Gasteiger partial charge in [0.25, 0.3) is 5.91 Å². The number of ether oxygens (including phenoxy) is 1. The molecule has 0 aliphatic carbocycles. The molecule has 4 nitrogen and oxygen atoms in total. The van der Waals surface area contributed by atoms with Crippen molar-refractivity contribution in [3.8, 4) is 5.75 Å². The van der Waals surface area contributed by atoms with Crippen LogP contribution in [-0.4, -0.2) is 26.1 Å². The number of nitrogens with two attached hydrogens (primary N) is 1. The van der Waals surface area contributed by atoms with Crippen molar-refractivity contribution in [2.45, 2.75) is 26.7 Å². The summed E-state index contributed by atoms with van der Waals surface area (Å²) in [4.78, 5) is 12.0. The lowest BCUT2D eigenvalue weighted by atomic mass is 9.99. The Balaban J connectivity index is 2.83. The fraction of sp³-hybridized carbons (Fsp3) is 0.533. The van der Waals surface area contributed by atoms with Crippen molar-refractivity contribution < 1.29 is 9.53 Å². The van der Waals surface area contributed by atoms with Crippen LogP contribution in [0.3, 0.4) is 0 Å². The lowest BCUT2D eigenvalue weighted by Crippen LogP contribution is -2.31. The van der Waals surface area contributed by atoms with Crippen molar-refractivity contribution in [1.29, 1.82) is 0 Å². The molecule has 0 saturated carbocycles. The molecule has 0 spiro atoms. The largest absolute Gasteiger partial charge is 0.496 e. The molecule has 1 atom stereocenters. The first-order valence-corrected chi connectivity index (χ1v) is 6.65. The van der Waals surface area contributed by atoms with Gasteiger partial charge >= 0.3 is 0 Å². The molecule has 0 aliphatic heterocycles. The van der Waals surface area contributed by atoms with Crippen molar-refractivity contribution in [1.82, 2.24) is 5.32 Å². The Morgan fingerprint density at radius 2 is 2.05 bits per heavy atom.